The van der Waals surface area contributed by atoms with Crippen LogP contribution in [0.4, 0.5) is 20.2 Å². The maximum absolute atomic E-state index is 15.7. The minimum absolute atomic E-state index is 0.164. The van der Waals surface area contributed by atoms with Crippen molar-refractivity contribution in [2.24, 2.45) is 0 Å². The number of rotatable bonds is 18. The van der Waals surface area contributed by atoms with Crippen LogP contribution >= 0.6 is 57.1 Å². The maximum atomic E-state index is 15.7. The van der Waals surface area contributed by atoms with E-state index in [2.05, 4.69) is 86.0 Å². The number of anilines is 2. The number of hydrogen-bond donors (Lipinski definition) is 0. The van der Waals surface area contributed by atoms with Gasteiger partial charge < -0.3 is 9.80 Å². The normalized spacial score (nSPS) is 11.8. The van der Waals surface area contributed by atoms with Gasteiger partial charge in [-0.05, 0) is 86.3 Å². The molecule has 0 N–H and O–H groups in total. The van der Waals surface area contributed by atoms with Crippen LogP contribution in [0, 0.1) is 11.6 Å². The number of unbranched alkanes of at least 4 members (excludes halogenated alkanes) is 4. The molecule has 5 aromatic heterocycles. The molecule has 0 aliphatic carbocycles. The maximum Gasteiger partial charge on any atom is 0.133 e. The first-order chi connectivity index (χ1) is 27.9. The molecule has 0 unspecified atom stereocenters. The highest BCUT2D eigenvalue weighted by Crippen LogP contribution is 2.47. The van der Waals surface area contributed by atoms with Gasteiger partial charge in [-0.3, -0.25) is 0 Å². The van der Waals surface area contributed by atoms with E-state index in [1.807, 2.05) is 12.1 Å². The summed E-state index contributed by atoms with van der Waals surface area (Å²) in [5.74, 6) is -0.327. The molecule has 4 nitrogen and oxygen atoms in total. The molecular weight excluding hydrogens is 807 g/mol. The van der Waals surface area contributed by atoms with Crippen molar-refractivity contribution in [3.8, 4) is 41.8 Å². The van der Waals surface area contributed by atoms with Gasteiger partial charge in [0.05, 0.1) is 11.7 Å². The number of aromatic nitrogens is 2. The van der Waals surface area contributed by atoms with Crippen molar-refractivity contribution < 1.29 is 8.78 Å². The largest absolute Gasteiger partial charge is 0.371 e. The lowest BCUT2D eigenvalue weighted by Gasteiger charge is -2.25. The summed E-state index contributed by atoms with van der Waals surface area (Å²) >= 11 is 7.96. The Balaban J connectivity index is 1.02. The second-order valence-corrected chi connectivity index (χ2v) is 19.6. The fraction of sp³-hybridized carbons (Fsp3) is 0.348. The topological polar surface area (TPSA) is 32.3 Å². The predicted octanol–water partition coefficient (Wildman–Crippen LogP) is 16.0. The molecule has 0 aliphatic heterocycles. The second kappa shape index (κ2) is 18.0. The Morgan fingerprint density at radius 1 is 0.439 bits per heavy atom. The molecule has 8 aromatic rings. The zero-order valence-electron chi connectivity index (χ0n) is 33.0. The Bertz CT molecular complexity index is 2360. The molecule has 57 heavy (non-hydrogen) atoms. The van der Waals surface area contributed by atoms with Crippen LogP contribution in [0.25, 0.3) is 71.6 Å². The van der Waals surface area contributed by atoms with E-state index in [0.29, 0.717) is 11.1 Å². The summed E-state index contributed by atoms with van der Waals surface area (Å²) in [6.07, 6.45) is 8.91. The van der Waals surface area contributed by atoms with Crippen LogP contribution < -0.4 is 9.80 Å². The summed E-state index contributed by atoms with van der Waals surface area (Å²) in [4.78, 5) is 8.83. The van der Waals surface area contributed by atoms with Gasteiger partial charge in [0.2, 0.25) is 0 Å². The highest BCUT2D eigenvalue weighted by Gasteiger charge is 2.21. The molecule has 8 rings (SSSR count). The van der Waals surface area contributed by atoms with E-state index in [4.69, 9.17) is 8.75 Å². The second-order valence-electron chi connectivity index (χ2n) is 14.7. The quantitative estimate of drug-likeness (QED) is 0.0861. The van der Waals surface area contributed by atoms with E-state index in [9.17, 15) is 0 Å². The van der Waals surface area contributed by atoms with Gasteiger partial charge in [0, 0.05) is 98.1 Å². The summed E-state index contributed by atoms with van der Waals surface area (Å²) in [6, 6.07) is 24.5. The Hall–Kier alpha value is -3.74. The van der Waals surface area contributed by atoms with Crippen molar-refractivity contribution in [2.45, 2.75) is 79.1 Å². The van der Waals surface area contributed by atoms with Crippen LogP contribution in [0.5, 0.6) is 0 Å². The zero-order chi connectivity index (χ0) is 39.5. The summed E-state index contributed by atoms with van der Waals surface area (Å²) in [6.45, 7) is 12.6. The molecule has 0 spiro atoms. The summed E-state index contributed by atoms with van der Waals surface area (Å²) in [7, 11) is 0. The predicted molar refractivity (Wildman–Crippen MR) is 250 cm³/mol. The number of fused-ring (bicyclic) bond motifs is 3. The highest BCUT2D eigenvalue weighted by atomic mass is 32.1. The molecule has 296 valence electrons. The number of hydrogen-bond acceptors (Lipinski definition) is 9. The Morgan fingerprint density at radius 2 is 0.754 bits per heavy atom. The van der Waals surface area contributed by atoms with Crippen molar-refractivity contribution in [3.05, 3.63) is 84.4 Å². The molecule has 0 fully saturated rings. The molecule has 11 heteroatoms. The summed E-state index contributed by atoms with van der Waals surface area (Å²) in [5, 5.41) is 0. The van der Waals surface area contributed by atoms with Gasteiger partial charge in [0.1, 0.15) is 22.7 Å². The van der Waals surface area contributed by atoms with E-state index in [1.165, 1.54) is 11.7 Å². The molecule has 0 bridgehead atoms. The Morgan fingerprint density at radius 3 is 1.07 bits per heavy atom. The van der Waals surface area contributed by atoms with Crippen LogP contribution in [0.1, 0.15) is 79.1 Å². The molecule has 0 saturated carbocycles. The van der Waals surface area contributed by atoms with Crippen molar-refractivity contribution >= 4 is 98.3 Å². The Labute approximate surface area is 354 Å². The Kier molecular flexibility index (Phi) is 12.7. The van der Waals surface area contributed by atoms with Crippen molar-refractivity contribution in [2.75, 3.05) is 36.0 Å². The lowest BCUT2D eigenvalue weighted by atomic mass is 10.1. The minimum Gasteiger partial charge on any atom is -0.371 e. The van der Waals surface area contributed by atoms with E-state index in [0.717, 1.165) is 149 Å². The third kappa shape index (κ3) is 8.41. The van der Waals surface area contributed by atoms with Crippen molar-refractivity contribution in [1.82, 2.24) is 8.75 Å². The number of nitrogens with zero attached hydrogens (tertiary/aromatic N) is 4. The van der Waals surface area contributed by atoms with Crippen molar-refractivity contribution in [3.63, 3.8) is 0 Å². The summed E-state index contributed by atoms with van der Waals surface area (Å²) < 4.78 is 45.4. The molecule has 5 heterocycles. The zero-order valence-corrected chi connectivity index (χ0v) is 37.1. The fourth-order valence-corrected chi connectivity index (χ4v) is 12.9. The van der Waals surface area contributed by atoms with Crippen LogP contribution in [-0.4, -0.2) is 34.9 Å². The highest BCUT2D eigenvalue weighted by molar-refractivity contribution is 7.31. The van der Waals surface area contributed by atoms with Gasteiger partial charge in [0.15, 0.2) is 0 Å². The van der Waals surface area contributed by atoms with Gasteiger partial charge in [-0.1, -0.05) is 65.5 Å². The third-order valence-electron chi connectivity index (χ3n) is 10.7. The van der Waals surface area contributed by atoms with Gasteiger partial charge in [-0.2, -0.15) is 8.75 Å². The molecule has 0 saturated heterocycles. The SMILES string of the molecule is CCCCN(CCCC)c1ccc(-c2cc3sc(-c4ccc(-c5cc6sc(-c7ccc(N(CCCC)CCCC)cc7F)cc6s5)c5nsnc45)cc3s2)c(F)c1. The molecule has 0 amide bonds. The first-order valence-electron chi connectivity index (χ1n) is 20.3. The van der Waals surface area contributed by atoms with Crippen molar-refractivity contribution in [1.29, 1.82) is 0 Å². The average Bonchev–Trinajstić information content (AvgIpc) is 4.05. The van der Waals surface area contributed by atoms with Gasteiger partial charge in [-0.15, -0.1) is 45.3 Å². The first-order valence-corrected chi connectivity index (χ1v) is 24.3. The smallest absolute Gasteiger partial charge is 0.133 e. The van der Waals surface area contributed by atoms with E-state index >= 15 is 8.78 Å². The molecular formula is C46H48F2N4S5. The number of benzene rings is 3. The van der Waals surface area contributed by atoms with E-state index < -0.39 is 0 Å². The molecule has 3 aromatic carbocycles. The summed E-state index contributed by atoms with van der Waals surface area (Å²) in [5.41, 5.74) is 7.19. The molecule has 0 radical (unpaired) electrons. The average molecular weight is 855 g/mol. The number of halogens is 2. The van der Waals surface area contributed by atoms with Crippen LogP contribution in [0.3, 0.4) is 0 Å². The standard InChI is InChI=1S/C46H48F2N4S5/c1-5-9-19-51(20-10-6-2)29-13-15-31(35(47)23-29)37-25-41-43(53-37)27-39(55-41)33-17-18-34(46-45(33)49-57-50-46)40-28-44-42(56-40)26-38(54-44)32-16-14-30(24-36(32)48)52(21-11-7-3)22-12-8-4/h13-18,23-28H,5-12,19-22H2,1-4H3. The monoisotopic (exact) mass is 854 g/mol. The van der Waals surface area contributed by atoms with Gasteiger partial charge >= 0.3 is 0 Å². The van der Waals surface area contributed by atoms with Gasteiger partial charge in [-0.25, -0.2) is 8.78 Å². The molecule has 0 aliphatic rings. The molecule has 0 atom stereocenters. The van der Waals surface area contributed by atoms with Crippen LogP contribution in [0.15, 0.2) is 72.8 Å². The van der Waals surface area contributed by atoms with Crippen LogP contribution in [0.2, 0.25) is 0 Å². The fourth-order valence-electron chi connectivity index (χ4n) is 7.40. The number of thiophene rings is 4. The van der Waals surface area contributed by atoms with Crippen LogP contribution in [-0.2, 0) is 0 Å². The third-order valence-corrected chi connectivity index (χ3v) is 15.9. The van der Waals surface area contributed by atoms with Gasteiger partial charge in [0.25, 0.3) is 0 Å². The minimum atomic E-state index is -0.164. The lowest BCUT2D eigenvalue weighted by molar-refractivity contribution is 0.626. The lowest BCUT2D eigenvalue weighted by Crippen LogP contribution is -2.25. The van der Waals surface area contributed by atoms with E-state index in [1.54, 1.807) is 57.5 Å². The first kappa shape index (κ1) is 40.1. The van der Waals surface area contributed by atoms with E-state index in [-0.39, 0.29) is 11.6 Å².